The summed E-state index contributed by atoms with van der Waals surface area (Å²) in [6.07, 6.45) is 0.894. The molecule has 0 aromatic heterocycles. The summed E-state index contributed by atoms with van der Waals surface area (Å²) in [5.41, 5.74) is 0.845. The zero-order valence-corrected chi connectivity index (χ0v) is 13.8. The third-order valence-electron chi connectivity index (χ3n) is 3.34. The molecule has 1 N–H and O–H groups in total. The molecule has 0 atom stereocenters. The van der Waals surface area contributed by atoms with Gasteiger partial charge in [-0.2, -0.15) is 0 Å². The summed E-state index contributed by atoms with van der Waals surface area (Å²) in [7, 11) is -2.09. The Bertz CT molecular complexity index is 724. The van der Waals surface area contributed by atoms with Gasteiger partial charge >= 0.3 is 0 Å². The summed E-state index contributed by atoms with van der Waals surface area (Å²) < 4.78 is 54.7. The van der Waals surface area contributed by atoms with E-state index in [1.807, 2.05) is 0 Å². The fraction of sp³-hybridized carbons (Fsp3) is 0.500. The third-order valence-corrected chi connectivity index (χ3v) is 6.54. The molecule has 6 nitrogen and oxygen atoms in total. The molecule has 0 spiro atoms. The predicted octanol–water partition coefficient (Wildman–Crippen LogP) is 1.84. The molecule has 1 fully saturated rings. The number of benzene rings is 1. The predicted molar refractivity (Wildman–Crippen MR) is 80.6 cm³/mol. The maximum atomic E-state index is 12.3. The Labute approximate surface area is 128 Å². The van der Waals surface area contributed by atoms with Gasteiger partial charge in [0.15, 0.2) is 0 Å². The molecule has 1 aromatic carbocycles. The topological polar surface area (TPSA) is 89.5 Å². The molecule has 0 unspecified atom stereocenters. The Kier molecular flexibility index (Phi) is 4.82. The normalized spacial score (nSPS) is 17.6. The van der Waals surface area contributed by atoms with Crippen molar-refractivity contribution in [2.45, 2.75) is 29.9 Å². The van der Waals surface area contributed by atoms with Gasteiger partial charge in [-0.15, -0.1) is 0 Å². The lowest BCUT2D eigenvalue weighted by Gasteiger charge is -2.23. The highest BCUT2D eigenvalue weighted by molar-refractivity contribution is 8.13. The van der Waals surface area contributed by atoms with Gasteiger partial charge in [-0.05, 0) is 43.5 Å². The molecule has 0 saturated carbocycles. The minimum Gasteiger partial charge on any atom is -0.381 e. The van der Waals surface area contributed by atoms with Crippen LogP contribution in [-0.2, 0) is 23.8 Å². The van der Waals surface area contributed by atoms with Gasteiger partial charge in [0.2, 0.25) is 10.0 Å². The molecule has 0 aliphatic carbocycles. The fourth-order valence-corrected chi connectivity index (χ4v) is 4.48. The quantitative estimate of drug-likeness (QED) is 0.834. The average Bonchev–Trinajstić information content (AvgIpc) is 2.41. The van der Waals surface area contributed by atoms with Crippen molar-refractivity contribution in [3.05, 3.63) is 23.8 Å². The first-order valence-corrected chi connectivity index (χ1v) is 10.2. The molecule has 1 aromatic rings. The second-order valence-corrected chi connectivity index (χ2v) is 9.40. The fourth-order valence-electron chi connectivity index (χ4n) is 2.13. The SMILES string of the molecule is Cc1cc(S(=O)(=O)Cl)ccc1NS(=O)(=O)C1CCOCC1. The maximum Gasteiger partial charge on any atom is 0.261 e. The van der Waals surface area contributed by atoms with Gasteiger partial charge in [0.05, 0.1) is 15.8 Å². The number of sulfonamides is 1. The van der Waals surface area contributed by atoms with Crippen LogP contribution in [-0.4, -0.2) is 35.3 Å². The molecule has 0 radical (unpaired) electrons. The third kappa shape index (κ3) is 4.09. The van der Waals surface area contributed by atoms with Gasteiger partial charge in [-0.3, -0.25) is 4.72 Å². The van der Waals surface area contributed by atoms with Crippen molar-refractivity contribution in [2.75, 3.05) is 17.9 Å². The number of aryl methyl sites for hydroxylation is 1. The minimum atomic E-state index is -3.83. The van der Waals surface area contributed by atoms with Crippen molar-refractivity contribution >= 4 is 35.4 Å². The lowest BCUT2D eigenvalue weighted by molar-refractivity contribution is 0.0984. The Balaban J connectivity index is 2.23. The molecule has 1 heterocycles. The van der Waals surface area contributed by atoms with E-state index in [2.05, 4.69) is 4.72 Å². The molecule has 9 heteroatoms. The van der Waals surface area contributed by atoms with Crippen LogP contribution in [0, 0.1) is 6.92 Å². The van der Waals surface area contributed by atoms with Crippen molar-refractivity contribution in [3.8, 4) is 0 Å². The number of hydrogen-bond donors (Lipinski definition) is 1. The first-order chi connectivity index (χ1) is 9.70. The molecule has 1 aliphatic rings. The highest BCUT2D eigenvalue weighted by Gasteiger charge is 2.28. The second kappa shape index (κ2) is 6.12. The lowest BCUT2D eigenvalue weighted by Crippen LogP contribution is -2.33. The smallest absolute Gasteiger partial charge is 0.261 e. The van der Waals surface area contributed by atoms with Gasteiger partial charge in [0.1, 0.15) is 0 Å². The summed E-state index contributed by atoms with van der Waals surface area (Å²) in [6, 6.07) is 4.02. The summed E-state index contributed by atoms with van der Waals surface area (Å²) in [6.45, 7) is 2.47. The van der Waals surface area contributed by atoms with Crippen molar-refractivity contribution in [2.24, 2.45) is 0 Å². The van der Waals surface area contributed by atoms with Gasteiger partial charge in [0.25, 0.3) is 9.05 Å². The van der Waals surface area contributed by atoms with E-state index in [1.54, 1.807) is 6.92 Å². The minimum absolute atomic E-state index is 0.0596. The number of hydrogen-bond acceptors (Lipinski definition) is 5. The van der Waals surface area contributed by atoms with E-state index in [1.165, 1.54) is 18.2 Å². The Morgan fingerprint density at radius 2 is 1.81 bits per heavy atom. The number of nitrogens with one attached hydrogen (secondary N) is 1. The van der Waals surface area contributed by atoms with Crippen molar-refractivity contribution in [1.82, 2.24) is 0 Å². The number of anilines is 1. The van der Waals surface area contributed by atoms with E-state index in [-0.39, 0.29) is 4.90 Å². The average molecular weight is 354 g/mol. The van der Waals surface area contributed by atoms with Crippen molar-refractivity contribution in [3.63, 3.8) is 0 Å². The molecule has 21 heavy (non-hydrogen) atoms. The van der Waals surface area contributed by atoms with Crippen LogP contribution in [0.5, 0.6) is 0 Å². The monoisotopic (exact) mass is 353 g/mol. The highest BCUT2D eigenvalue weighted by atomic mass is 35.7. The summed E-state index contributed by atoms with van der Waals surface area (Å²) >= 11 is 0. The zero-order chi connectivity index (χ0) is 15.7. The molecule has 1 aliphatic heterocycles. The molecule has 118 valence electrons. The Morgan fingerprint density at radius 1 is 1.19 bits per heavy atom. The molecule has 0 bridgehead atoms. The first-order valence-electron chi connectivity index (χ1n) is 6.35. The summed E-state index contributed by atoms with van der Waals surface area (Å²) in [5, 5.41) is -0.498. The number of ether oxygens (including phenoxy) is 1. The van der Waals surface area contributed by atoms with Crippen LogP contribution >= 0.6 is 10.7 Å². The van der Waals surface area contributed by atoms with Gasteiger partial charge < -0.3 is 4.74 Å². The Morgan fingerprint density at radius 3 is 2.33 bits per heavy atom. The number of halogens is 1. The largest absolute Gasteiger partial charge is 0.381 e. The van der Waals surface area contributed by atoms with Crippen molar-refractivity contribution in [1.29, 1.82) is 0 Å². The molecule has 0 amide bonds. The standard InChI is InChI=1S/C12H16ClNO5S2/c1-9-8-11(20(13,15)16)2-3-12(9)14-21(17,18)10-4-6-19-7-5-10/h2-3,8,10,14H,4-7H2,1H3. The van der Waals surface area contributed by atoms with E-state index in [4.69, 9.17) is 15.4 Å². The van der Waals surface area contributed by atoms with Gasteiger partial charge in [0, 0.05) is 23.9 Å². The summed E-state index contributed by atoms with van der Waals surface area (Å²) in [4.78, 5) is -0.0596. The summed E-state index contributed by atoms with van der Waals surface area (Å²) in [5.74, 6) is 0. The van der Waals surface area contributed by atoms with Crippen LogP contribution in [0.2, 0.25) is 0 Å². The lowest BCUT2D eigenvalue weighted by atomic mass is 10.2. The van der Waals surface area contributed by atoms with E-state index in [0.29, 0.717) is 37.3 Å². The number of rotatable bonds is 4. The molecule has 1 saturated heterocycles. The van der Waals surface area contributed by atoms with E-state index >= 15 is 0 Å². The van der Waals surface area contributed by atoms with Crippen molar-refractivity contribution < 1.29 is 21.6 Å². The van der Waals surface area contributed by atoms with E-state index in [9.17, 15) is 16.8 Å². The molecular formula is C12H16ClNO5S2. The Hall–Kier alpha value is -0.830. The van der Waals surface area contributed by atoms with E-state index in [0.717, 1.165) is 0 Å². The zero-order valence-electron chi connectivity index (χ0n) is 11.4. The molecule has 2 rings (SSSR count). The first kappa shape index (κ1) is 16.5. The van der Waals surface area contributed by atoms with Crippen LogP contribution in [0.3, 0.4) is 0 Å². The van der Waals surface area contributed by atoms with Crippen LogP contribution in [0.1, 0.15) is 18.4 Å². The highest BCUT2D eigenvalue weighted by Crippen LogP contribution is 2.25. The molecular weight excluding hydrogens is 338 g/mol. The second-order valence-electron chi connectivity index (χ2n) is 4.87. The van der Waals surface area contributed by atoms with Crippen LogP contribution in [0.15, 0.2) is 23.1 Å². The van der Waals surface area contributed by atoms with Crippen LogP contribution < -0.4 is 4.72 Å². The van der Waals surface area contributed by atoms with Crippen LogP contribution in [0.4, 0.5) is 5.69 Å². The van der Waals surface area contributed by atoms with E-state index < -0.39 is 24.3 Å². The van der Waals surface area contributed by atoms with Crippen LogP contribution in [0.25, 0.3) is 0 Å². The van der Waals surface area contributed by atoms with Gasteiger partial charge in [-0.25, -0.2) is 16.8 Å². The van der Waals surface area contributed by atoms with Gasteiger partial charge in [-0.1, -0.05) is 0 Å². The maximum absolute atomic E-state index is 12.3.